The Balaban J connectivity index is 2.15. The number of hydrogen-bond acceptors (Lipinski definition) is 4. The minimum absolute atomic E-state index is 0.0303. The van der Waals surface area contributed by atoms with E-state index in [0.717, 1.165) is 5.56 Å². The lowest BCUT2D eigenvalue weighted by molar-refractivity contribution is 0.0601. The molecule has 29 heavy (non-hydrogen) atoms. The third-order valence-electron chi connectivity index (χ3n) is 3.85. The Morgan fingerprint density at radius 2 is 1.59 bits per heavy atom. The van der Waals surface area contributed by atoms with E-state index in [1.165, 1.54) is 7.11 Å². The Kier molecular flexibility index (Phi) is 8.10. The second-order valence-electron chi connectivity index (χ2n) is 5.90. The molecule has 0 aliphatic carbocycles. The summed E-state index contributed by atoms with van der Waals surface area (Å²) in [6, 6.07) is 13.6. The lowest BCUT2D eigenvalue weighted by atomic mass is 10.1. The standard InChI is InChI=1S/C19H18Cl3N3O3S/c1-11-7-3-4-8-12(11)15(26)24-17(19(20,21)22)25-18(29)23-14-10-6-5-9-13(14)16(27)28-2/h3-10,17H,1-2H3,(H,24,26)(H2,23,25,29)/t17-/m1/s1. The lowest BCUT2D eigenvalue weighted by Crippen LogP contribution is -2.56. The third-order valence-corrected chi connectivity index (χ3v) is 4.72. The van der Waals surface area contributed by atoms with Crippen molar-refractivity contribution in [1.29, 1.82) is 0 Å². The average Bonchev–Trinajstić information content (AvgIpc) is 2.66. The van der Waals surface area contributed by atoms with E-state index in [9.17, 15) is 9.59 Å². The SMILES string of the molecule is COC(=O)c1ccccc1NC(=S)N[C@@H](NC(=O)c1ccccc1C)C(Cl)(Cl)Cl. The lowest BCUT2D eigenvalue weighted by Gasteiger charge is -2.28. The van der Waals surface area contributed by atoms with Crippen LogP contribution in [0.1, 0.15) is 26.3 Å². The van der Waals surface area contributed by atoms with Crippen molar-refractivity contribution in [3.8, 4) is 0 Å². The number of halogens is 3. The molecule has 0 spiro atoms. The number of benzene rings is 2. The highest BCUT2D eigenvalue weighted by Gasteiger charge is 2.35. The maximum atomic E-state index is 12.6. The molecule has 10 heteroatoms. The Labute approximate surface area is 188 Å². The van der Waals surface area contributed by atoms with Gasteiger partial charge in [0, 0.05) is 5.56 Å². The number of carbonyl (C=O) groups is 2. The van der Waals surface area contributed by atoms with Crippen LogP contribution in [0.25, 0.3) is 0 Å². The number of esters is 1. The van der Waals surface area contributed by atoms with Gasteiger partial charge in [-0.25, -0.2) is 4.79 Å². The number of anilines is 1. The van der Waals surface area contributed by atoms with Crippen molar-refractivity contribution in [2.45, 2.75) is 16.9 Å². The molecule has 0 aliphatic heterocycles. The zero-order valence-corrected chi connectivity index (χ0v) is 18.5. The number of amides is 1. The Morgan fingerprint density at radius 1 is 1.00 bits per heavy atom. The maximum Gasteiger partial charge on any atom is 0.339 e. The van der Waals surface area contributed by atoms with Crippen molar-refractivity contribution in [2.75, 3.05) is 12.4 Å². The molecule has 2 rings (SSSR count). The molecule has 1 amide bonds. The highest BCUT2D eigenvalue weighted by atomic mass is 35.6. The number of methoxy groups -OCH3 is 1. The molecular formula is C19H18Cl3N3O3S. The first kappa shape index (κ1) is 23.2. The highest BCUT2D eigenvalue weighted by molar-refractivity contribution is 7.80. The van der Waals surface area contributed by atoms with Crippen molar-refractivity contribution in [3.63, 3.8) is 0 Å². The normalized spacial score (nSPS) is 11.9. The topological polar surface area (TPSA) is 79.5 Å². The molecule has 0 aromatic heterocycles. The molecule has 0 radical (unpaired) electrons. The predicted molar refractivity (Wildman–Crippen MR) is 120 cm³/mol. The average molecular weight is 475 g/mol. The molecule has 0 bridgehead atoms. The summed E-state index contributed by atoms with van der Waals surface area (Å²) < 4.78 is 2.83. The van der Waals surface area contributed by atoms with E-state index < -0.39 is 21.8 Å². The van der Waals surface area contributed by atoms with Crippen LogP contribution in [0.3, 0.4) is 0 Å². The fourth-order valence-electron chi connectivity index (χ4n) is 2.41. The fraction of sp³-hybridized carbons (Fsp3) is 0.211. The van der Waals surface area contributed by atoms with Crippen molar-refractivity contribution >= 4 is 69.7 Å². The third kappa shape index (κ3) is 6.47. The van der Waals surface area contributed by atoms with Gasteiger partial charge in [-0.15, -0.1) is 0 Å². The summed E-state index contributed by atoms with van der Waals surface area (Å²) in [7, 11) is 1.27. The summed E-state index contributed by atoms with van der Waals surface area (Å²) in [5.41, 5.74) is 1.86. The van der Waals surface area contributed by atoms with Crippen LogP contribution in [-0.4, -0.2) is 34.1 Å². The number of hydrogen-bond donors (Lipinski definition) is 3. The van der Waals surface area contributed by atoms with Crippen molar-refractivity contribution in [2.24, 2.45) is 0 Å². The van der Waals surface area contributed by atoms with E-state index in [0.29, 0.717) is 11.3 Å². The van der Waals surface area contributed by atoms with Gasteiger partial charge in [0.2, 0.25) is 3.79 Å². The van der Waals surface area contributed by atoms with Crippen LogP contribution in [0.15, 0.2) is 48.5 Å². The van der Waals surface area contributed by atoms with E-state index in [1.807, 2.05) is 6.07 Å². The largest absolute Gasteiger partial charge is 0.465 e. The molecule has 0 heterocycles. The first-order chi connectivity index (χ1) is 13.6. The summed E-state index contributed by atoms with van der Waals surface area (Å²) in [4.78, 5) is 24.5. The second-order valence-corrected chi connectivity index (χ2v) is 8.68. The van der Waals surface area contributed by atoms with E-state index in [2.05, 4.69) is 16.0 Å². The molecule has 6 nitrogen and oxygen atoms in total. The molecule has 2 aromatic carbocycles. The molecule has 0 saturated carbocycles. The van der Waals surface area contributed by atoms with Gasteiger partial charge in [0.25, 0.3) is 5.91 Å². The van der Waals surface area contributed by atoms with Gasteiger partial charge in [-0.05, 0) is 42.9 Å². The number of aryl methyl sites for hydroxylation is 1. The minimum atomic E-state index is -1.91. The van der Waals surface area contributed by atoms with Gasteiger partial charge in [0.15, 0.2) is 5.11 Å². The van der Waals surface area contributed by atoms with Gasteiger partial charge in [0.1, 0.15) is 6.17 Å². The molecule has 1 atom stereocenters. The number of nitrogens with one attached hydrogen (secondary N) is 3. The summed E-state index contributed by atoms with van der Waals surface area (Å²) in [6.45, 7) is 1.79. The van der Waals surface area contributed by atoms with Crippen LogP contribution in [-0.2, 0) is 4.74 Å². The summed E-state index contributed by atoms with van der Waals surface area (Å²) >= 11 is 23.3. The molecule has 2 aromatic rings. The van der Waals surface area contributed by atoms with Crippen LogP contribution in [0.2, 0.25) is 0 Å². The van der Waals surface area contributed by atoms with E-state index in [1.54, 1.807) is 49.4 Å². The van der Waals surface area contributed by atoms with Gasteiger partial charge >= 0.3 is 5.97 Å². The summed E-state index contributed by atoms with van der Waals surface area (Å²) in [6.07, 6.45) is -1.15. The van der Waals surface area contributed by atoms with Crippen LogP contribution in [0, 0.1) is 6.92 Å². The Bertz CT molecular complexity index is 919. The Morgan fingerprint density at radius 3 is 2.17 bits per heavy atom. The van der Waals surface area contributed by atoms with Crippen molar-refractivity contribution < 1.29 is 14.3 Å². The molecule has 154 valence electrons. The number of ether oxygens (including phenoxy) is 1. The van der Waals surface area contributed by atoms with Gasteiger partial charge in [-0.2, -0.15) is 0 Å². The quantitative estimate of drug-likeness (QED) is 0.261. The number of carbonyl (C=O) groups excluding carboxylic acids is 2. The van der Waals surface area contributed by atoms with Gasteiger partial charge in [0.05, 0.1) is 18.4 Å². The van der Waals surface area contributed by atoms with E-state index >= 15 is 0 Å². The van der Waals surface area contributed by atoms with Crippen molar-refractivity contribution in [1.82, 2.24) is 10.6 Å². The van der Waals surface area contributed by atoms with Crippen LogP contribution in [0.4, 0.5) is 5.69 Å². The predicted octanol–water partition coefficient (Wildman–Crippen LogP) is 4.19. The van der Waals surface area contributed by atoms with E-state index in [4.69, 9.17) is 51.8 Å². The minimum Gasteiger partial charge on any atom is -0.465 e. The molecule has 3 N–H and O–H groups in total. The van der Waals surface area contributed by atoms with Gasteiger partial charge in [-0.1, -0.05) is 65.1 Å². The zero-order valence-electron chi connectivity index (χ0n) is 15.5. The monoisotopic (exact) mass is 473 g/mol. The first-order valence-electron chi connectivity index (χ1n) is 8.31. The number of thiocarbonyl (C=S) groups is 1. The molecular weight excluding hydrogens is 457 g/mol. The maximum absolute atomic E-state index is 12.6. The van der Waals surface area contributed by atoms with Gasteiger partial charge < -0.3 is 20.7 Å². The Hall–Kier alpha value is -2.06. The molecule has 0 aliphatic rings. The van der Waals surface area contributed by atoms with Crippen molar-refractivity contribution in [3.05, 3.63) is 65.2 Å². The summed E-state index contributed by atoms with van der Waals surface area (Å²) in [5.74, 6) is -0.980. The first-order valence-corrected chi connectivity index (χ1v) is 9.85. The van der Waals surface area contributed by atoms with Crippen LogP contribution in [0.5, 0.6) is 0 Å². The zero-order chi connectivity index (χ0) is 21.6. The molecule has 0 fully saturated rings. The van der Waals surface area contributed by atoms with E-state index in [-0.39, 0.29) is 10.7 Å². The second kappa shape index (κ2) is 10.1. The molecule has 0 unspecified atom stereocenters. The smallest absolute Gasteiger partial charge is 0.339 e. The van der Waals surface area contributed by atoms with Crippen LogP contribution >= 0.6 is 47.0 Å². The molecule has 0 saturated heterocycles. The highest BCUT2D eigenvalue weighted by Crippen LogP contribution is 2.29. The number of rotatable bonds is 5. The summed E-state index contributed by atoms with van der Waals surface area (Å²) in [5, 5.41) is 8.24. The fourth-order valence-corrected chi connectivity index (χ4v) is 2.96. The number of alkyl halides is 3. The number of para-hydroxylation sites is 1. The van der Waals surface area contributed by atoms with Gasteiger partial charge in [-0.3, -0.25) is 4.79 Å². The van der Waals surface area contributed by atoms with Crippen LogP contribution < -0.4 is 16.0 Å².